The lowest BCUT2D eigenvalue weighted by Gasteiger charge is -2.11. The molecule has 0 spiro atoms. The summed E-state index contributed by atoms with van der Waals surface area (Å²) in [5.41, 5.74) is 1.63. The van der Waals surface area contributed by atoms with Crippen molar-refractivity contribution in [3.63, 3.8) is 0 Å². The van der Waals surface area contributed by atoms with Crippen molar-refractivity contribution in [1.82, 2.24) is 20.4 Å². The molecule has 0 bridgehead atoms. The number of aromatic nitrogens is 2. The maximum atomic E-state index is 12.0. The topological polar surface area (TPSA) is 59.0 Å². The van der Waals surface area contributed by atoms with Crippen molar-refractivity contribution >= 4 is 5.91 Å². The molecule has 1 aromatic carbocycles. The number of benzene rings is 1. The third-order valence-corrected chi connectivity index (χ3v) is 3.57. The number of nitrogens with zero attached hydrogens (tertiary/aromatic N) is 2. The molecule has 1 aliphatic heterocycles. The van der Waals surface area contributed by atoms with Crippen LogP contribution >= 0.6 is 0 Å². The normalized spacial score (nSPS) is 18.1. The van der Waals surface area contributed by atoms with Gasteiger partial charge >= 0.3 is 0 Å². The average molecular weight is 270 g/mol. The molecule has 2 heterocycles. The largest absolute Gasteiger partial charge is 0.350 e. The van der Waals surface area contributed by atoms with Crippen LogP contribution in [0.3, 0.4) is 0 Å². The number of rotatable bonds is 4. The van der Waals surface area contributed by atoms with Crippen molar-refractivity contribution in [3.05, 3.63) is 48.3 Å². The van der Waals surface area contributed by atoms with Crippen molar-refractivity contribution in [3.8, 4) is 5.69 Å². The molecular formula is C15H18N4O. The van der Waals surface area contributed by atoms with E-state index in [4.69, 9.17) is 0 Å². The van der Waals surface area contributed by atoms with Crippen LogP contribution in [-0.4, -0.2) is 34.8 Å². The number of amides is 1. The van der Waals surface area contributed by atoms with Gasteiger partial charge in [0.15, 0.2) is 0 Å². The third-order valence-electron chi connectivity index (χ3n) is 3.57. The van der Waals surface area contributed by atoms with Crippen molar-refractivity contribution in [2.24, 2.45) is 0 Å². The molecule has 1 atom stereocenters. The molecular weight excluding hydrogens is 252 g/mol. The van der Waals surface area contributed by atoms with Gasteiger partial charge in [0.25, 0.3) is 5.91 Å². The smallest absolute Gasteiger partial charge is 0.251 e. The van der Waals surface area contributed by atoms with E-state index in [0.717, 1.165) is 18.7 Å². The molecule has 2 N–H and O–H groups in total. The zero-order valence-corrected chi connectivity index (χ0v) is 11.2. The molecule has 2 aromatic rings. The highest BCUT2D eigenvalue weighted by Crippen LogP contribution is 2.09. The quantitative estimate of drug-likeness (QED) is 0.882. The summed E-state index contributed by atoms with van der Waals surface area (Å²) >= 11 is 0. The Balaban J connectivity index is 1.60. The minimum absolute atomic E-state index is 0.0225. The van der Waals surface area contributed by atoms with Crippen LogP contribution in [0.1, 0.15) is 23.2 Å². The zero-order chi connectivity index (χ0) is 13.8. The summed E-state index contributed by atoms with van der Waals surface area (Å²) in [5, 5.41) is 10.5. The fraction of sp³-hybridized carbons (Fsp3) is 0.333. The summed E-state index contributed by atoms with van der Waals surface area (Å²) in [6, 6.07) is 9.74. The lowest BCUT2D eigenvalue weighted by Crippen LogP contribution is -2.37. The highest BCUT2D eigenvalue weighted by atomic mass is 16.1. The summed E-state index contributed by atoms with van der Waals surface area (Å²) < 4.78 is 1.77. The number of carbonyl (C=O) groups excluding carboxylic acids is 1. The van der Waals surface area contributed by atoms with Crippen LogP contribution in [0.5, 0.6) is 0 Å². The minimum Gasteiger partial charge on any atom is -0.350 e. The molecule has 1 unspecified atom stereocenters. The first-order valence-corrected chi connectivity index (χ1v) is 6.94. The maximum Gasteiger partial charge on any atom is 0.251 e. The monoisotopic (exact) mass is 270 g/mol. The predicted octanol–water partition coefficient (Wildman–Crippen LogP) is 1.35. The molecule has 1 aliphatic rings. The summed E-state index contributed by atoms with van der Waals surface area (Å²) in [6.45, 7) is 1.75. The molecule has 104 valence electrons. The summed E-state index contributed by atoms with van der Waals surface area (Å²) in [4.78, 5) is 12.0. The molecule has 1 amide bonds. The van der Waals surface area contributed by atoms with Gasteiger partial charge in [0.05, 0.1) is 5.69 Å². The number of hydrogen-bond donors (Lipinski definition) is 2. The Kier molecular flexibility index (Phi) is 3.78. The van der Waals surface area contributed by atoms with Gasteiger partial charge in [-0.2, -0.15) is 5.10 Å². The van der Waals surface area contributed by atoms with E-state index in [-0.39, 0.29) is 5.91 Å². The average Bonchev–Trinajstić information content (AvgIpc) is 3.18. The molecule has 3 rings (SSSR count). The van der Waals surface area contributed by atoms with E-state index < -0.39 is 0 Å². The predicted molar refractivity (Wildman–Crippen MR) is 76.9 cm³/mol. The van der Waals surface area contributed by atoms with Crippen LogP contribution in [0, 0.1) is 0 Å². The highest BCUT2D eigenvalue weighted by molar-refractivity contribution is 5.94. The van der Waals surface area contributed by atoms with E-state index in [0.29, 0.717) is 18.2 Å². The molecule has 1 fully saturated rings. The SMILES string of the molecule is O=C(NCC1CCCN1)c1ccc(-n2cccn2)cc1. The van der Waals surface area contributed by atoms with Crippen molar-refractivity contribution in [2.45, 2.75) is 18.9 Å². The van der Waals surface area contributed by atoms with Gasteiger partial charge in [-0.25, -0.2) is 4.68 Å². The molecule has 0 radical (unpaired) electrons. The first kappa shape index (κ1) is 12.9. The van der Waals surface area contributed by atoms with E-state index in [1.165, 1.54) is 6.42 Å². The van der Waals surface area contributed by atoms with E-state index in [1.54, 1.807) is 10.9 Å². The molecule has 5 heteroatoms. The fourth-order valence-corrected chi connectivity index (χ4v) is 2.44. The Morgan fingerprint density at radius 3 is 2.90 bits per heavy atom. The Morgan fingerprint density at radius 1 is 1.40 bits per heavy atom. The van der Waals surface area contributed by atoms with Gasteiger partial charge in [-0.05, 0) is 49.7 Å². The molecule has 1 aromatic heterocycles. The maximum absolute atomic E-state index is 12.0. The van der Waals surface area contributed by atoms with E-state index in [1.807, 2.05) is 36.5 Å². The van der Waals surface area contributed by atoms with Crippen LogP contribution < -0.4 is 10.6 Å². The van der Waals surface area contributed by atoms with Gasteiger partial charge in [0.1, 0.15) is 0 Å². The van der Waals surface area contributed by atoms with Gasteiger partial charge in [0.2, 0.25) is 0 Å². The second kappa shape index (κ2) is 5.88. The van der Waals surface area contributed by atoms with Crippen LogP contribution in [0.2, 0.25) is 0 Å². The van der Waals surface area contributed by atoms with Crippen LogP contribution in [0.25, 0.3) is 5.69 Å². The van der Waals surface area contributed by atoms with Gasteiger partial charge in [-0.15, -0.1) is 0 Å². The van der Waals surface area contributed by atoms with Crippen LogP contribution in [0.4, 0.5) is 0 Å². The number of nitrogens with one attached hydrogen (secondary N) is 2. The number of carbonyl (C=O) groups is 1. The second-order valence-electron chi connectivity index (χ2n) is 5.00. The standard InChI is InChI=1S/C15H18N4O/c20-15(17-11-13-3-1-8-16-13)12-4-6-14(7-5-12)19-10-2-9-18-19/h2,4-7,9-10,13,16H,1,3,8,11H2,(H,17,20). The van der Waals surface area contributed by atoms with Gasteiger partial charge < -0.3 is 10.6 Å². The molecule has 0 aliphatic carbocycles. The van der Waals surface area contributed by atoms with Gasteiger partial charge in [0, 0.05) is 30.5 Å². The Morgan fingerprint density at radius 2 is 2.25 bits per heavy atom. The fourth-order valence-electron chi connectivity index (χ4n) is 2.44. The van der Waals surface area contributed by atoms with E-state index in [9.17, 15) is 4.79 Å². The summed E-state index contributed by atoms with van der Waals surface area (Å²) in [6.07, 6.45) is 5.94. The zero-order valence-electron chi connectivity index (χ0n) is 11.2. The Bertz CT molecular complexity index is 556. The van der Waals surface area contributed by atoms with E-state index >= 15 is 0 Å². The van der Waals surface area contributed by atoms with E-state index in [2.05, 4.69) is 15.7 Å². The highest BCUT2D eigenvalue weighted by Gasteiger charge is 2.15. The van der Waals surface area contributed by atoms with Gasteiger partial charge in [-0.1, -0.05) is 0 Å². The summed E-state index contributed by atoms with van der Waals surface area (Å²) in [7, 11) is 0. The lowest BCUT2D eigenvalue weighted by molar-refractivity contribution is 0.0950. The summed E-state index contributed by atoms with van der Waals surface area (Å²) in [5.74, 6) is -0.0225. The number of hydrogen-bond acceptors (Lipinski definition) is 3. The Labute approximate surface area is 118 Å². The van der Waals surface area contributed by atoms with Gasteiger partial charge in [-0.3, -0.25) is 4.79 Å². The van der Waals surface area contributed by atoms with Crippen LogP contribution in [-0.2, 0) is 0 Å². The molecule has 0 saturated carbocycles. The lowest BCUT2D eigenvalue weighted by atomic mass is 10.2. The Hall–Kier alpha value is -2.14. The first-order valence-electron chi connectivity index (χ1n) is 6.94. The first-order chi connectivity index (χ1) is 9.83. The van der Waals surface area contributed by atoms with Crippen molar-refractivity contribution in [2.75, 3.05) is 13.1 Å². The second-order valence-corrected chi connectivity index (χ2v) is 5.00. The molecule has 20 heavy (non-hydrogen) atoms. The van der Waals surface area contributed by atoms with Crippen LogP contribution in [0.15, 0.2) is 42.7 Å². The van der Waals surface area contributed by atoms with Crippen molar-refractivity contribution < 1.29 is 4.79 Å². The molecule has 5 nitrogen and oxygen atoms in total. The molecule has 1 saturated heterocycles. The minimum atomic E-state index is -0.0225. The third kappa shape index (κ3) is 2.88. The van der Waals surface area contributed by atoms with Crippen molar-refractivity contribution in [1.29, 1.82) is 0 Å².